The highest BCUT2D eigenvalue weighted by atomic mass is 31.2. The van der Waals surface area contributed by atoms with Crippen LogP contribution in [-0.4, -0.2) is 98.2 Å². The number of carbonyl (C=O) groups is 3. The van der Waals surface area contributed by atoms with Gasteiger partial charge in [0.2, 0.25) is 0 Å². The molecule has 0 aromatic carbocycles. The number of hydrogen-bond donors (Lipinski definition) is 2. The average Bonchev–Trinajstić information content (AvgIpc) is 3.47. The highest BCUT2D eigenvalue weighted by Crippen LogP contribution is 2.38. The van der Waals surface area contributed by atoms with Crippen molar-refractivity contribution in [3.8, 4) is 0 Å². The van der Waals surface area contributed by atoms with Crippen molar-refractivity contribution in [2.24, 2.45) is 11.8 Å². The third kappa shape index (κ3) is 31.7. The Hall–Kier alpha value is -2.70. The second-order valence-corrected chi connectivity index (χ2v) is 18.6. The minimum Gasteiger partial charge on any atom is -0.756 e. The van der Waals surface area contributed by atoms with Crippen molar-refractivity contribution < 1.29 is 57.1 Å². The van der Waals surface area contributed by atoms with E-state index in [1.54, 1.807) is 12.2 Å². The van der Waals surface area contributed by atoms with Gasteiger partial charge < -0.3 is 38.1 Å². The number of carbonyl (C=O) groups excluding carboxylic acids is 3. The molecule has 0 saturated heterocycles. The molecular formula is C48H82NO11P. The number of esters is 2. The molecule has 0 aromatic heterocycles. The van der Waals surface area contributed by atoms with E-state index in [9.17, 15) is 34.1 Å². The number of likely N-dealkylation sites (N-methyl/N-ethyl adjacent to an activating group) is 1. The molecule has 1 saturated carbocycles. The van der Waals surface area contributed by atoms with E-state index < -0.39 is 50.6 Å². The SMILES string of the molecule is CCCCC/C=C\C/C=C\C/C=C\CCCCCCC(=O)O[C@H](COC(=O)CCC/C=C\C[C@H]1[C@@H](O)CC(=O)[C@@H]1/C=C/[C@@H](O)CCCCC)COP(=O)([O-])OCC[N+](C)(C)C. The number of aliphatic hydroxyl groups excluding tert-OH is 2. The first kappa shape index (κ1) is 56.3. The van der Waals surface area contributed by atoms with Crippen molar-refractivity contribution in [3.05, 3.63) is 60.8 Å². The minimum absolute atomic E-state index is 0.0317. The van der Waals surface area contributed by atoms with Crippen LogP contribution in [-0.2, 0) is 37.5 Å². The first-order chi connectivity index (χ1) is 29.2. The van der Waals surface area contributed by atoms with Crippen LogP contribution in [0.5, 0.6) is 0 Å². The van der Waals surface area contributed by atoms with Crippen LogP contribution in [0.2, 0.25) is 0 Å². The summed E-state index contributed by atoms with van der Waals surface area (Å²) >= 11 is 0. The Morgan fingerprint density at radius 3 is 2.05 bits per heavy atom. The number of allylic oxidation sites excluding steroid dienone is 9. The molecule has 12 nitrogen and oxygen atoms in total. The summed E-state index contributed by atoms with van der Waals surface area (Å²) in [6.07, 6.45) is 34.7. The number of quaternary nitrogens is 1. The normalized spacial score (nSPS) is 19.5. The first-order valence-electron chi connectivity index (χ1n) is 23.1. The second kappa shape index (κ2) is 34.7. The number of Topliss-reactive ketones (excluding diaryl/α,β-unsaturated/α-hetero) is 1. The molecule has 1 rings (SSSR count). The van der Waals surface area contributed by atoms with Crippen LogP contribution < -0.4 is 4.89 Å². The molecule has 1 aliphatic rings. The highest BCUT2D eigenvalue weighted by molar-refractivity contribution is 7.45. The number of ketones is 1. The van der Waals surface area contributed by atoms with E-state index in [2.05, 4.69) is 50.3 Å². The Morgan fingerprint density at radius 1 is 0.787 bits per heavy atom. The molecule has 61 heavy (non-hydrogen) atoms. The molecular weight excluding hydrogens is 797 g/mol. The lowest BCUT2D eigenvalue weighted by molar-refractivity contribution is -0.870. The summed E-state index contributed by atoms with van der Waals surface area (Å²) in [5, 5.41) is 20.7. The van der Waals surface area contributed by atoms with Gasteiger partial charge in [0.25, 0.3) is 7.82 Å². The van der Waals surface area contributed by atoms with Crippen LogP contribution in [0.4, 0.5) is 0 Å². The lowest BCUT2D eigenvalue weighted by atomic mass is 9.90. The molecule has 1 unspecified atom stereocenters. The summed E-state index contributed by atoms with van der Waals surface area (Å²) in [4.78, 5) is 50.3. The molecule has 2 N–H and O–H groups in total. The average molecular weight is 880 g/mol. The van der Waals surface area contributed by atoms with Crippen molar-refractivity contribution in [1.82, 2.24) is 0 Å². The molecule has 0 radical (unpaired) electrons. The number of phosphoric acid groups is 1. The van der Waals surface area contributed by atoms with Crippen molar-refractivity contribution in [1.29, 1.82) is 0 Å². The van der Waals surface area contributed by atoms with Gasteiger partial charge >= 0.3 is 11.9 Å². The van der Waals surface area contributed by atoms with E-state index in [1.165, 1.54) is 19.3 Å². The fourth-order valence-corrected chi connectivity index (χ4v) is 7.37. The van der Waals surface area contributed by atoms with Gasteiger partial charge in [0.05, 0.1) is 40.0 Å². The van der Waals surface area contributed by atoms with E-state index >= 15 is 0 Å². The van der Waals surface area contributed by atoms with Gasteiger partial charge in [0.1, 0.15) is 25.5 Å². The fourth-order valence-electron chi connectivity index (χ4n) is 6.64. The summed E-state index contributed by atoms with van der Waals surface area (Å²) < 4.78 is 33.8. The summed E-state index contributed by atoms with van der Waals surface area (Å²) in [5.74, 6) is -1.81. The maximum absolute atomic E-state index is 12.7. The molecule has 1 fully saturated rings. The summed E-state index contributed by atoms with van der Waals surface area (Å²) in [7, 11) is 0.995. The topological polar surface area (TPSA) is 169 Å². The Kier molecular flexibility index (Phi) is 32.1. The Labute approximate surface area is 368 Å². The van der Waals surface area contributed by atoms with Crippen LogP contribution in [0, 0.1) is 11.8 Å². The van der Waals surface area contributed by atoms with Gasteiger partial charge in [-0.1, -0.05) is 120 Å². The zero-order valence-electron chi connectivity index (χ0n) is 38.3. The number of hydrogen-bond acceptors (Lipinski definition) is 11. The number of ether oxygens (including phenoxy) is 2. The standard InChI is InChI=1S/C48H82NO11P/c1-6-8-10-11-12-13-14-15-16-17-18-19-20-21-22-23-29-33-48(54)60-42(40-59-61(55,56)58-37-36-49(3,4)5)39-57-47(53)32-28-25-24-27-31-43-44(46(52)38-45(43)51)35-34-41(50)30-26-9-7-2/h12-13,15-16,18-19,24,27,34-35,41-45,50-51H,6-11,14,17,20-23,25-26,28-33,36-40H2,1-5H3/b13-12-,16-15-,19-18-,27-24-,35-34+/t41-,42+,43+,44+,45-/m0/s1. The molecule has 0 amide bonds. The minimum atomic E-state index is -4.70. The predicted molar refractivity (Wildman–Crippen MR) is 241 cm³/mol. The van der Waals surface area contributed by atoms with Gasteiger partial charge in [-0.05, 0) is 70.6 Å². The molecule has 1 aliphatic carbocycles. The summed E-state index contributed by atoms with van der Waals surface area (Å²) in [6.45, 7) is 3.74. The third-order valence-electron chi connectivity index (χ3n) is 10.4. The summed E-state index contributed by atoms with van der Waals surface area (Å²) in [5.41, 5.74) is 0. The van der Waals surface area contributed by atoms with Gasteiger partial charge in [-0.15, -0.1) is 0 Å². The van der Waals surface area contributed by atoms with Crippen LogP contribution >= 0.6 is 7.82 Å². The van der Waals surface area contributed by atoms with Gasteiger partial charge in [0.15, 0.2) is 6.10 Å². The Bertz CT molecular complexity index is 1390. The molecule has 0 aromatic rings. The quantitative estimate of drug-likeness (QED) is 0.0201. The third-order valence-corrected chi connectivity index (χ3v) is 11.4. The monoisotopic (exact) mass is 880 g/mol. The summed E-state index contributed by atoms with van der Waals surface area (Å²) in [6, 6.07) is 0. The van der Waals surface area contributed by atoms with E-state index in [0.717, 1.165) is 64.2 Å². The maximum Gasteiger partial charge on any atom is 0.306 e. The largest absolute Gasteiger partial charge is 0.756 e. The van der Waals surface area contributed by atoms with Crippen LogP contribution in [0.15, 0.2) is 60.8 Å². The van der Waals surface area contributed by atoms with E-state index in [1.807, 2.05) is 33.3 Å². The number of unbranched alkanes of at least 4 members (excludes halogenated alkanes) is 10. The van der Waals surface area contributed by atoms with Gasteiger partial charge in [-0.25, -0.2) is 0 Å². The highest BCUT2D eigenvalue weighted by Gasteiger charge is 2.39. The van der Waals surface area contributed by atoms with E-state index in [0.29, 0.717) is 43.1 Å². The Morgan fingerprint density at radius 2 is 1.38 bits per heavy atom. The molecule has 0 bridgehead atoms. The Balaban J connectivity index is 2.51. The smallest absolute Gasteiger partial charge is 0.306 e. The number of phosphoric ester groups is 1. The maximum atomic E-state index is 12.7. The van der Waals surface area contributed by atoms with Crippen molar-refractivity contribution >= 4 is 25.5 Å². The van der Waals surface area contributed by atoms with Gasteiger partial charge in [0, 0.05) is 31.1 Å². The van der Waals surface area contributed by atoms with Crippen molar-refractivity contribution in [3.63, 3.8) is 0 Å². The van der Waals surface area contributed by atoms with Gasteiger partial charge in [-0.3, -0.25) is 18.9 Å². The molecule has 0 aliphatic heterocycles. The van der Waals surface area contributed by atoms with Crippen molar-refractivity contribution in [2.45, 2.75) is 167 Å². The fraction of sp³-hybridized carbons (Fsp3) is 0.729. The zero-order chi connectivity index (χ0) is 45.2. The van der Waals surface area contributed by atoms with E-state index in [4.69, 9.17) is 18.5 Å². The van der Waals surface area contributed by atoms with Crippen LogP contribution in [0.25, 0.3) is 0 Å². The van der Waals surface area contributed by atoms with Crippen LogP contribution in [0.1, 0.15) is 149 Å². The first-order valence-corrected chi connectivity index (χ1v) is 24.6. The van der Waals surface area contributed by atoms with E-state index in [-0.39, 0.29) is 44.2 Å². The lowest BCUT2D eigenvalue weighted by Crippen LogP contribution is -2.37. The molecule has 13 heteroatoms. The molecule has 0 heterocycles. The second-order valence-electron chi connectivity index (χ2n) is 17.2. The number of aliphatic hydroxyl groups is 2. The molecule has 0 spiro atoms. The number of rotatable bonds is 37. The van der Waals surface area contributed by atoms with Gasteiger partial charge in [-0.2, -0.15) is 0 Å². The molecule has 350 valence electrons. The predicted octanol–water partition coefficient (Wildman–Crippen LogP) is 9.20. The zero-order valence-corrected chi connectivity index (χ0v) is 39.2. The number of nitrogens with zero attached hydrogens (tertiary/aromatic N) is 1. The lowest BCUT2D eigenvalue weighted by Gasteiger charge is -2.28. The van der Waals surface area contributed by atoms with Crippen molar-refractivity contribution in [2.75, 3.05) is 47.5 Å². The van der Waals surface area contributed by atoms with Crippen LogP contribution in [0.3, 0.4) is 0 Å². The molecule has 6 atom stereocenters.